The zero-order chi connectivity index (χ0) is 18.5. The van der Waals surface area contributed by atoms with Gasteiger partial charge in [-0.05, 0) is 57.5 Å². The Bertz CT molecular complexity index is 919. The Morgan fingerprint density at radius 3 is 2.77 bits per heavy atom. The monoisotopic (exact) mass is 435 g/mol. The van der Waals surface area contributed by atoms with Gasteiger partial charge in [-0.1, -0.05) is 24.3 Å². The number of anilines is 1. The fourth-order valence-corrected chi connectivity index (χ4v) is 3.42. The van der Waals surface area contributed by atoms with Crippen LogP contribution in [0, 0.1) is 5.82 Å². The molecule has 2 aromatic carbocycles. The maximum Gasteiger partial charge on any atom is 0.237 e. The summed E-state index contributed by atoms with van der Waals surface area (Å²) in [5.74, 6) is 0.309. The van der Waals surface area contributed by atoms with Crippen molar-refractivity contribution in [3.8, 4) is 5.69 Å². The van der Waals surface area contributed by atoms with Gasteiger partial charge < -0.3 is 5.32 Å². The number of amides is 1. The minimum Gasteiger partial charge on any atom is -0.323 e. The third-order valence-corrected chi connectivity index (χ3v) is 5.39. The summed E-state index contributed by atoms with van der Waals surface area (Å²) in [5, 5.41) is 14.0. The predicted octanol–water partition coefficient (Wildman–Crippen LogP) is 3.82. The van der Waals surface area contributed by atoms with Crippen LogP contribution >= 0.6 is 27.7 Å². The summed E-state index contributed by atoms with van der Waals surface area (Å²) in [7, 11) is 0. The fourth-order valence-electron chi connectivity index (χ4n) is 2.18. The first-order valence-electron chi connectivity index (χ1n) is 7.75. The standard InChI is InChI=1S/C17H15BrFN5OS/c1-11(17(25)20-14-8-4-3-7-13(14)19)26-10-16-21-22-23-24(16)15-9-5-2-6-12(15)18/h2-9,11H,10H2,1H3,(H,20,25). The molecule has 9 heteroatoms. The molecule has 3 aromatic rings. The highest BCUT2D eigenvalue weighted by Gasteiger charge is 2.18. The number of aromatic nitrogens is 4. The minimum atomic E-state index is -0.462. The number of benzene rings is 2. The third-order valence-electron chi connectivity index (χ3n) is 3.58. The van der Waals surface area contributed by atoms with Crippen LogP contribution < -0.4 is 5.32 Å². The molecule has 1 N–H and O–H groups in total. The average Bonchev–Trinajstić information content (AvgIpc) is 3.10. The van der Waals surface area contributed by atoms with E-state index in [1.54, 1.807) is 23.7 Å². The number of thioether (sulfide) groups is 1. The second kappa shape index (κ2) is 8.41. The predicted molar refractivity (Wildman–Crippen MR) is 103 cm³/mol. The van der Waals surface area contributed by atoms with E-state index >= 15 is 0 Å². The summed E-state index contributed by atoms with van der Waals surface area (Å²) < 4.78 is 16.1. The van der Waals surface area contributed by atoms with Gasteiger partial charge in [0.05, 0.1) is 22.4 Å². The van der Waals surface area contributed by atoms with Crippen molar-refractivity contribution in [2.24, 2.45) is 0 Å². The molecule has 0 aliphatic carbocycles. The van der Waals surface area contributed by atoms with Crippen molar-refractivity contribution in [1.82, 2.24) is 20.2 Å². The second-order valence-electron chi connectivity index (χ2n) is 5.38. The number of hydrogen-bond donors (Lipinski definition) is 1. The molecule has 0 fully saturated rings. The minimum absolute atomic E-state index is 0.169. The van der Waals surface area contributed by atoms with Crippen LogP contribution in [0.2, 0.25) is 0 Å². The van der Waals surface area contributed by atoms with Gasteiger partial charge in [-0.15, -0.1) is 16.9 Å². The molecule has 1 unspecified atom stereocenters. The molecule has 1 heterocycles. The van der Waals surface area contributed by atoms with E-state index in [9.17, 15) is 9.18 Å². The smallest absolute Gasteiger partial charge is 0.237 e. The number of hydrogen-bond acceptors (Lipinski definition) is 5. The Labute approximate surface area is 162 Å². The average molecular weight is 436 g/mol. The Morgan fingerprint density at radius 2 is 2.00 bits per heavy atom. The Balaban J connectivity index is 1.65. The maximum absolute atomic E-state index is 13.6. The van der Waals surface area contributed by atoms with Gasteiger partial charge in [0.2, 0.25) is 5.91 Å². The van der Waals surface area contributed by atoms with Gasteiger partial charge in [0.15, 0.2) is 5.82 Å². The van der Waals surface area contributed by atoms with Gasteiger partial charge >= 0.3 is 0 Å². The van der Waals surface area contributed by atoms with Crippen LogP contribution in [0.1, 0.15) is 12.7 Å². The lowest BCUT2D eigenvalue weighted by atomic mass is 10.3. The normalized spacial score (nSPS) is 12.0. The van der Waals surface area contributed by atoms with Crippen LogP contribution in [-0.4, -0.2) is 31.4 Å². The second-order valence-corrected chi connectivity index (χ2v) is 7.56. The van der Waals surface area contributed by atoms with Crippen LogP contribution in [0.25, 0.3) is 5.69 Å². The topological polar surface area (TPSA) is 72.7 Å². The van der Waals surface area contributed by atoms with Crippen LogP contribution in [0.15, 0.2) is 53.0 Å². The molecule has 0 spiro atoms. The van der Waals surface area contributed by atoms with Crippen molar-refractivity contribution in [3.05, 3.63) is 64.6 Å². The summed E-state index contributed by atoms with van der Waals surface area (Å²) >= 11 is 4.85. The molecular weight excluding hydrogens is 421 g/mol. The summed E-state index contributed by atoms with van der Waals surface area (Å²) in [5.41, 5.74) is 0.986. The van der Waals surface area contributed by atoms with Crippen molar-refractivity contribution < 1.29 is 9.18 Å². The van der Waals surface area contributed by atoms with Crippen LogP contribution in [0.3, 0.4) is 0 Å². The molecule has 0 saturated carbocycles. The number of nitrogens with zero attached hydrogens (tertiary/aromatic N) is 4. The van der Waals surface area contributed by atoms with E-state index in [0.717, 1.165) is 10.2 Å². The molecule has 1 atom stereocenters. The SMILES string of the molecule is CC(SCc1nnnn1-c1ccccc1Br)C(=O)Nc1ccccc1F. The zero-order valence-electron chi connectivity index (χ0n) is 13.8. The highest BCUT2D eigenvalue weighted by Crippen LogP contribution is 2.23. The fraction of sp³-hybridized carbons (Fsp3) is 0.176. The largest absolute Gasteiger partial charge is 0.323 e. The molecule has 0 saturated heterocycles. The molecule has 0 aliphatic heterocycles. The Morgan fingerprint density at radius 1 is 1.27 bits per heavy atom. The molecule has 134 valence electrons. The van der Waals surface area contributed by atoms with E-state index in [1.165, 1.54) is 23.9 Å². The van der Waals surface area contributed by atoms with Crippen molar-refractivity contribution in [2.75, 3.05) is 5.32 Å². The van der Waals surface area contributed by atoms with Gasteiger partial charge in [-0.2, -0.15) is 4.68 Å². The third kappa shape index (κ3) is 4.28. The maximum atomic E-state index is 13.6. The molecule has 1 amide bonds. The van der Waals surface area contributed by atoms with Crippen molar-refractivity contribution in [2.45, 2.75) is 17.9 Å². The van der Waals surface area contributed by atoms with Gasteiger partial charge in [0, 0.05) is 4.47 Å². The lowest BCUT2D eigenvalue weighted by Crippen LogP contribution is -2.23. The Kier molecular flexibility index (Phi) is 6.00. The highest BCUT2D eigenvalue weighted by molar-refractivity contribution is 9.10. The number of nitrogens with one attached hydrogen (secondary N) is 1. The van der Waals surface area contributed by atoms with Crippen molar-refractivity contribution in [1.29, 1.82) is 0 Å². The molecule has 26 heavy (non-hydrogen) atoms. The summed E-state index contributed by atoms with van der Waals surface area (Å²) in [6, 6.07) is 13.7. The quantitative estimate of drug-likeness (QED) is 0.636. The zero-order valence-corrected chi connectivity index (χ0v) is 16.2. The van der Waals surface area contributed by atoms with Gasteiger partial charge in [0.1, 0.15) is 5.82 Å². The van der Waals surface area contributed by atoms with E-state index in [2.05, 4.69) is 36.8 Å². The van der Waals surface area contributed by atoms with E-state index < -0.39 is 11.1 Å². The highest BCUT2D eigenvalue weighted by atomic mass is 79.9. The van der Waals surface area contributed by atoms with Crippen molar-refractivity contribution >= 4 is 39.3 Å². The number of tetrazole rings is 1. The number of carbonyl (C=O) groups is 1. The number of halogens is 2. The first-order valence-corrected chi connectivity index (χ1v) is 9.59. The molecule has 1 aromatic heterocycles. The van der Waals surface area contributed by atoms with Gasteiger partial charge in [0.25, 0.3) is 0 Å². The summed E-state index contributed by atoms with van der Waals surface area (Å²) in [4.78, 5) is 12.3. The molecule has 0 radical (unpaired) electrons. The number of para-hydroxylation sites is 2. The molecule has 3 rings (SSSR count). The Hall–Kier alpha value is -2.26. The number of carbonyl (C=O) groups excluding carboxylic acids is 1. The summed E-state index contributed by atoms with van der Waals surface area (Å²) in [6.45, 7) is 1.76. The van der Waals surface area contributed by atoms with E-state index in [-0.39, 0.29) is 11.6 Å². The van der Waals surface area contributed by atoms with Gasteiger partial charge in [-0.3, -0.25) is 4.79 Å². The van der Waals surface area contributed by atoms with Crippen molar-refractivity contribution in [3.63, 3.8) is 0 Å². The molecule has 6 nitrogen and oxygen atoms in total. The lowest BCUT2D eigenvalue weighted by molar-refractivity contribution is -0.115. The number of rotatable bonds is 6. The van der Waals surface area contributed by atoms with Crippen LogP contribution in [0.5, 0.6) is 0 Å². The van der Waals surface area contributed by atoms with E-state index in [4.69, 9.17) is 0 Å². The lowest BCUT2D eigenvalue weighted by Gasteiger charge is -2.12. The van der Waals surface area contributed by atoms with E-state index in [1.807, 2.05) is 24.3 Å². The first kappa shape index (κ1) is 18.5. The molecule has 0 aliphatic rings. The molecular formula is C17H15BrFN5OS. The summed E-state index contributed by atoms with van der Waals surface area (Å²) in [6.07, 6.45) is 0. The molecule has 0 bridgehead atoms. The van der Waals surface area contributed by atoms with E-state index in [0.29, 0.717) is 11.6 Å². The van der Waals surface area contributed by atoms with Crippen LogP contribution in [-0.2, 0) is 10.5 Å². The first-order chi connectivity index (χ1) is 12.6. The van der Waals surface area contributed by atoms with Crippen LogP contribution in [0.4, 0.5) is 10.1 Å². The van der Waals surface area contributed by atoms with Gasteiger partial charge in [-0.25, -0.2) is 4.39 Å².